The van der Waals surface area contributed by atoms with Gasteiger partial charge in [0.2, 0.25) is 0 Å². The third-order valence-electron chi connectivity index (χ3n) is 3.36. The Labute approximate surface area is 159 Å². The molecule has 0 saturated carbocycles. The van der Waals surface area contributed by atoms with Crippen molar-refractivity contribution in [3.63, 3.8) is 0 Å². The molecule has 0 atom stereocenters. The Kier molecular flexibility index (Phi) is 9.25. The van der Waals surface area contributed by atoms with Gasteiger partial charge in [-0.3, -0.25) is 0 Å². The maximum absolute atomic E-state index is 12.1. The van der Waals surface area contributed by atoms with Crippen LogP contribution < -0.4 is 0 Å². The van der Waals surface area contributed by atoms with Crippen LogP contribution in [-0.2, 0) is 19.7 Å². The zero-order valence-electron chi connectivity index (χ0n) is 16.9. The number of aryl methyl sites for hydroxylation is 2. The molecule has 0 bridgehead atoms. The highest BCUT2D eigenvalue weighted by molar-refractivity contribution is 7.91. The summed E-state index contributed by atoms with van der Waals surface area (Å²) in [7, 11) is -6.94. The zero-order valence-corrected chi connectivity index (χ0v) is 18.5. The smallest absolute Gasteiger partial charge is 0.176 e. The first-order chi connectivity index (χ1) is 12.0. The number of hydrogen-bond acceptors (Lipinski definition) is 4. The average Bonchev–Trinajstić information content (AvgIpc) is 2.57. The standard InChI is InChI=1S/C16H18O4S2.2C2H6/c1-11-5-7-13(15(9-11)21(3,17)18)14-8-6-12(2)10-16(14)22(4,19)20;2*1-2/h5-10H,1-4H3;2*1-2H3. The molecule has 2 rings (SSSR count). The van der Waals surface area contributed by atoms with E-state index in [1.165, 1.54) is 0 Å². The summed E-state index contributed by atoms with van der Waals surface area (Å²) >= 11 is 0. The molecule has 2 aromatic rings. The Hall–Kier alpha value is -1.66. The van der Waals surface area contributed by atoms with Gasteiger partial charge in [-0.05, 0) is 37.1 Å². The molecule has 0 heterocycles. The average molecular weight is 399 g/mol. The zero-order chi connectivity index (χ0) is 20.7. The van der Waals surface area contributed by atoms with Crippen molar-refractivity contribution in [3.05, 3.63) is 47.5 Å². The summed E-state index contributed by atoms with van der Waals surface area (Å²) in [5.41, 5.74) is 2.43. The molecule has 0 N–H and O–H groups in total. The van der Waals surface area contributed by atoms with Crippen LogP contribution in [-0.4, -0.2) is 29.3 Å². The van der Waals surface area contributed by atoms with E-state index in [4.69, 9.17) is 0 Å². The molecule has 0 amide bonds. The van der Waals surface area contributed by atoms with Gasteiger partial charge in [-0.15, -0.1) is 0 Å². The second kappa shape index (κ2) is 9.88. The second-order valence-electron chi connectivity index (χ2n) is 5.54. The quantitative estimate of drug-likeness (QED) is 0.742. The number of benzene rings is 2. The lowest BCUT2D eigenvalue weighted by atomic mass is 10.0. The van der Waals surface area contributed by atoms with Crippen LogP contribution >= 0.6 is 0 Å². The van der Waals surface area contributed by atoms with Crippen molar-refractivity contribution in [3.8, 4) is 11.1 Å². The van der Waals surface area contributed by atoms with Crippen molar-refractivity contribution in [1.82, 2.24) is 0 Å². The van der Waals surface area contributed by atoms with E-state index in [1.807, 2.05) is 27.7 Å². The minimum absolute atomic E-state index is 0.140. The summed E-state index contributed by atoms with van der Waals surface area (Å²) in [6, 6.07) is 10.00. The minimum Gasteiger partial charge on any atom is -0.224 e. The van der Waals surface area contributed by atoms with Crippen LogP contribution in [0.15, 0.2) is 46.2 Å². The van der Waals surface area contributed by atoms with E-state index in [-0.39, 0.29) is 9.79 Å². The van der Waals surface area contributed by atoms with Gasteiger partial charge in [0.1, 0.15) is 0 Å². The summed E-state index contributed by atoms with van der Waals surface area (Å²) in [4.78, 5) is 0.280. The molecule has 0 aromatic heterocycles. The lowest BCUT2D eigenvalue weighted by molar-refractivity contribution is 0.599. The van der Waals surface area contributed by atoms with Gasteiger partial charge in [0.25, 0.3) is 0 Å². The Balaban J connectivity index is 0.00000146. The normalized spacial score (nSPS) is 10.9. The first-order valence-corrected chi connectivity index (χ1v) is 12.4. The Morgan fingerprint density at radius 3 is 1.08 bits per heavy atom. The van der Waals surface area contributed by atoms with E-state index in [0.717, 1.165) is 23.6 Å². The number of sulfone groups is 2. The van der Waals surface area contributed by atoms with Gasteiger partial charge in [-0.2, -0.15) is 0 Å². The van der Waals surface area contributed by atoms with Crippen LogP contribution in [0.1, 0.15) is 38.8 Å². The predicted octanol–water partition coefficient (Wildman–Crippen LogP) is 4.83. The number of rotatable bonds is 3. The molecule has 4 nitrogen and oxygen atoms in total. The van der Waals surface area contributed by atoms with Crippen molar-refractivity contribution in [2.75, 3.05) is 12.5 Å². The molecule has 0 aliphatic heterocycles. The number of hydrogen-bond donors (Lipinski definition) is 0. The van der Waals surface area contributed by atoms with Crippen LogP contribution in [0.3, 0.4) is 0 Å². The van der Waals surface area contributed by atoms with Crippen molar-refractivity contribution in [2.45, 2.75) is 51.3 Å². The molecule has 2 aromatic carbocycles. The highest BCUT2D eigenvalue weighted by Crippen LogP contribution is 2.33. The first kappa shape index (κ1) is 24.3. The van der Waals surface area contributed by atoms with Crippen LogP contribution in [0, 0.1) is 13.8 Å². The topological polar surface area (TPSA) is 68.3 Å². The summed E-state index contributed by atoms with van der Waals surface area (Å²) in [6.07, 6.45) is 2.25. The minimum atomic E-state index is -3.47. The molecular weight excluding hydrogens is 368 g/mol. The molecule has 26 heavy (non-hydrogen) atoms. The molecule has 0 aliphatic carbocycles. The van der Waals surface area contributed by atoms with E-state index >= 15 is 0 Å². The maximum Gasteiger partial charge on any atom is 0.176 e. The van der Waals surface area contributed by atoms with Gasteiger partial charge < -0.3 is 0 Å². The van der Waals surface area contributed by atoms with Crippen molar-refractivity contribution >= 4 is 19.7 Å². The van der Waals surface area contributed by atoms with Crippen LogP contribution in [0.2, 0.25) is 0 Å². The van der Waals surface area contributed by atoms with E-state index in [0.29, 0.717) is 11.1 Å². The fraction of sp³-hybridized carbons (Fsp3) is 0.400. The lowest BCUT2D eigenvalue weighted by Crippen LogP contribution is -2.05. The van der Waals surface area contributed by atoms with Gasteiger partial charge in [0, 0.05) is 23.6 Å². The predicted molar refractivity (Wildman–Crippen MR) is 110 cm³/mol. The third kappa shape index (κ3) is 6.25. The Morgan fingerprint density at radius 1 is 0.577 bits per heavy atom. The van der Waals surface area contributed by atoms with Gasteiger partial charge in [-0.1, -0.05) is 52.0 Å². The lowest BCUT2D eigenvalue weighted by Gasteiger charge is -2.13. The molecule has 0 unspecified atom stereocenters. The van der Waals surface area contributed by atoms with Crippen LogP contribution in [0.5, 0.6) is 0 Å². The van der Waals surface area contributed by atoms with E-state index in [1.54, 1.807) is 50.2 Å². The molecule has 146 valence electrons. The van der Waals surface area contributed by atoms with E-state index in [2.05, 4.69) is 0 Å². The van der Waals surface area contributed by atoms with E-state index in [9.17, 15) is 16.8 Å². The largest absolute Gasteiger partial charge is 0.224 e. The molecule has 0 saturated heterocycles. The van der Waals surface area contributed by atoms with Crippen molar-refractivity contribution in [2.24, 2.45) is 0 Å². The highest BCUT2D eigenvalue weighted by atomic mass is 32.2. The van der Waals surface area contributed by atoms with Crippen LogP contribution in [0.25, 0.3) is 11.1 Å². The maximum atomic E-state index is 12.1. The fourth-order valence-electron chi connectivity index (χ4n) is 2.32. The molecule has 0 fully saturated rings. The molecule has 0 spiro atoms. The van der Waals surface area contributed by atoms with Gasteiger partial charge >= 0.3 is 0 Å². The van der Waals surface area contributed by atoms with Crippen LogP contribution in [0.4, 0.5) is 0 Å². The summed E-state index contributed by atoms with van der Waals surface area (Å²) < 4.78 is 48.2. The van der Waals surface area contributed by atoms with Crippen molar-refractivity contribution < 1.29 is 16.8 Å². The fourth-order valence-corrected chi connectivity index (χ4v) is 4.27. The SMILES string of the molecule is CC.CC.Cc1ccc(-c2ccc(C)cc2S(C)(=O)=O)c(S(C)(=O)=O)c1. The summed E-state index contributed by atoms with van der Waals surface area (Å²) in [6.45, 7) is 11.6. The third-order valence-corrected chi connectivity index (χ3v) is 5.64. The van der Waals surface area contributed by atoms with E-state index < -0.39 is 19.7 Å². The molecule has 0 radical (unpaired) electrons. The Bertz CT molecular complexity index is 862. The first-order valence-electron chi connectivity index (χ1n) is 8.62. The highest BCUT2D eigenvalue weighted by Gasteiger charge is 2.21. The summed E-state index contributed by atoms with van der Waals surface area (Å²) in [5.74, 6) is 0. The second-order valence-corrected chi connectivity index (χ2v) is 9.51. The monoisotopic (exact) mass is 398 g/mol. The molecule has 6 heteroatoms. The van der Waals surface area contributed by atoms with Gasteiger partial charge in [0.05, 0.1) is 9.79 Å². The summed E-state index contributed by atoms with van der Waals surface area (Å²) in [5, 5.41) is 0. The molecular formula is C20H30O4S2. The van der Waals surface area contributed by atoms with Gasteiger partial charge in [0.15, 0.2) is 19.7 Å². The van der Waals surface area contributed by atoms with Gasteiger partial charge in [-0.25, -0.2) is 16.8 Å². The Morgan fingerprint density at radius 2 is 0.846 bits per heavy atom. The van der Waals surface area contributed by atoms with Crippen molar-refractivity contribution in [1.29, 1.82) is 0 Å². The molecule has 0 aliphatic rings.